The lowest BCUT2D eigenvalue weighted by Gasteiger charge is -2.31. The molecular weight excluding hydrogens is 218 g/mol. The molecule has 3 rings (SSSR count). The van der Waals surface area contributed by atoms with Gasteiger partial charge < -0.3 is 5.32 Å². The number of hydrogen-bond donors (Lipinski definition) is 1. The standard InChI is InChI=1S/C17H25N/c1-13(14-9-11-18-12-10-14)16-8-4-6-15-5-2-3-7-17(15)16/h4,6,8,13-14,18H,2-3,5,7,9-12H2,1H3. The predicted octanol–water partition coefficient (Wildman–Crippen LogP) is 3.67. The highest BCUT2D eigenvalue weighted by molar-refractivity contribution is 5.39. The summed E-state index contributed by atoms with van der Waals surface area (Å²) in [7, 11) is 0. The Kier molecular flexibility index (Phi) is 3.69. The molecular formula is C17H25N. The summed E-state index contributed by atoms with van der Waals surface area (Å²) in [4.78, 5) is 0. The Balaban J connectivity index is 1.86. The van der Waals surface area contributed by atoms with Gasteiger partial charge in [0.1, 0.15) is 0 Å². The smallest absolute Gasteiger partial charge is 0.00461 e. The van der Waals surface area contributed by atoms with Crippen LogP contribution >= 0.6 is 0 Å². The van der Waals surface area contributed by atoms with Gasteiger partial charge in [-0.05, 0) is 80.1 Å². The molecule has 1 aromatic rings. The zero-order chi connectivity index (χ0) is 12.4. The number of nitrogens with one attached hydrogen (secondary N) is 1. The number of fused-ring (bicyclic) bond motifs is 1. The lowest BCUT2D eigenvalue weighted by atomic mass is 9.77. The first-order valence-electron chi connectivity index (χ1n) is 7.67. The number of aryl methyl sites for hydroxylation is 1. The van der Waals surface area contributed by atoms with Gasteiger partial charge in [0.25, 0.3) is 0 Å². The molecule has 1 atom stereocenters. The van der Waals surface area contributed by atoms with E-state index < -0.39 is 0 Å². The van der Waals surface area contributed by atoms with Gasteiger partial charge >= 0.3 is 0 Å². The fourth-order valence-corrected chi connectivity index (χ4v) is 3.84. The van der Waals surface area contributed by atoms with Crippen molar-refractivity contribution in [3.63, 3.8) is 0 Å². The summed E-state index contributed by atoms with van der Waals surface area (Å²) >= 11 is 0. The molecule has 0 aromatic heterocycles. The Labute approximate surface area is 111 Å². The van der Waals surface area contributed by atoms with E-state index in [1.807, 2.05) is 0 Å². The average molecular weight is 243 g/mol. The minimum Gasteiger partial charge on any atom is -0.317 e. The predicted molar refractivity (Wildman–Crippen MR) is 77.1 cm³/mol. The highest BCUT2D eigenvalue weighted by atomic mass is 14.9. The normalized spacial score (nSPS) is 22.5. The van der Waals surface area contributed by atoms with Crippen LogP contribution in [0.1, 0.15) is 55.2 Å². The molecule has 98 valence electrons. The number of benzene rings is 1. The van der Waals surface area contributed by atoms with Gasteiger partial charge in [0.15, 0.2) is 0 Å². The van der Waals surface area contributed by atoms with E-state index >= 15 is 0 Å². The van der Waals surface area contributed by atoms with Crippen molar-refractivity contribution in [3.8, 4) is 0 Å². The lowest BCUT2D eigenvalue weighted by Crippen LogP contribution is -2.30. The van der Waals surface area contributed by atoms with Gasteiger partial charge in [0.2, 0.25) is 0 Å². The van der Waals surface area contributed by atoms with Crippen LogP contribution in [0.2, 0.25) is 0 Å². The van der Waals surface area contributed by atoms with Gasteiger partial charge in [0.05, 0.1) is 0 Å². The zero-order valence-electron chi connectivity index (χ0n) is 11.5. The summed E-state index contributed by atoms with van der Waals surface area (Å²) < 4.78 is 0. The van der Waals surface area contributed by atoms with E-state index in [9.17, 15) is 0 Å². The Morgan fingerprint density at radius 3 is 2.72 bits per heavy atom. The van der Waals surface area contributed by atoms with Gasteiger partial charge in [-0.3, -0.25) is 0 Å². The van der Waals surface area contributed by atoms with Gasteiger partial charge in [-0.2, -0.15) is 0 Å². The Morgan fingerprint density at radius 2 is 1.89 bits per heavy atom. The van der Waals surface area contributed by atoms with Crippen LogP contribution in [0.4, 0.5) is 0 Å². The Morgan fingerprint density at radius 1 is 1.11 bits per heavy atom. The van der Waals surface area contributed by atoms with Crippen LogP contribution in [0.25, 0.3) is 0 Å². The first-order chi connectivity index (χ1) is 8.86. The maximum absolute atomic E-state index is 3.48. The van der Waals surface area contributed by atoms with E-state index in [4.69, 9.17) is 0 Å². The van der Waals surface area contributed by atoms with Crippen molar-refractivity contribution >= 4 is 0 Å². The first-order valence-corrected chi connectivity index (χ1v) is 7.67. The molecule has 0 spiro atoms. The monoisotopic (exact) mass is 243 g/mol. The molecule has 0 amide bonds. The molecule has 1 aliphatic carbocycles. The van der Waals surface area contributed by atoms with Crippen LogP contribution in [0.3, 0.4) is 0 Å². The van der Waals surface area contributed by atoms with Crippen molar-refractivity contribution in [2.75, 3.05) is 13.1 Å². The summed E-state index contributed by atoms with van der Waals surface area (Å²) in [6.07, 6.45) is 8.11. The third kappa shape index (κ3) is 2.33. The van der Waals surface area contributed by atoms with Crippen molar-refractivity contribution in [1.29, 1.82) is 0 Å². The average Bonchev–Trinajstić information content (AvgIpc) is 2.47. The van der Waals surface area contributed by atoms with Crippen LogP contribution in [-0.2, 0) is 12.8 Å². The van der Waals surface area contributed by atoms with E-state index in [2.05, 4.69) is 30.4 Å². The molecule has 2 aliphatic rings. The molecule has 1 aliphatic heterocycles. The van der Waals surface area contributed by atoms with Gasteiger partial charge in [-0.25, -0.2) is 0 Å². The van der Waals surface area contributed by atoms with E-state index in [0.29, 0.717) is 0 Å². The van der Waals surface area contributed by atoms with Gasteiger partial charge in [0, 0.05) is 0 Å². The van der Waals surface area contributed by atoms with Crippen LogP contribution < -0.4 is 5.32 Å². The fourth-order valence-electron chi connectivity index (χ4n) is 3.84. The third-order valence-electron chi connectivity index (χ3n) is 5.01. The van der Waals surface area contributed by atoms with E-state index in [1.165, 1.54) is 51.6 Å². The summed E-state index contributed by atoms with van der Waals surface area (Å²) in [6, 6.07) is 7.04. The fraction of sp³-hybridized carbons (Fsp3) is 0.647. The molecule has 1 unspecified atom stereocenters. The minimum absolute atomic E-state index is 0.750. The molecule has 1 heterocycles. The molecule has 0 radical (unpaired) electrons. The second-order valence-electron chi connectivity index (χ2n) is 6.07. The highest BCUT2D eigenvalue weighted by Crippen LogP contribution is 2.35. The Bertz CT molecular complexity index is 404. The van der Waals surface area contributed by atoms with Crippen molar-refractivity contribution in [3.05, 3.63) is 34.9 Å². The summed E-state index contributed by atoms with van der Waals surface area (Å²) in [6.45, 7) is 4.88. The molecule has 1 heteroatoms. The van der Waals surface area contributed by atoms with E-state index in [1.54, 1.807) is 16.7 Å². The van der Waals surface area contributed by atoms with Crippen LogP contribution in [-0.4, -0.2) is 13.1 Å². The number of piperidine rings is 1. The summed E-state index contributed by atoms with van der Waals surface area (Å²) in [5.74, 6) is 1.64. The zero-order valence-corrected chi connectivity index (χ0v) is 11.5. The van der Waals surface area contributed by atoms with Crippen LogP contribution in [0.5, 0.6) is 0 Å². The van der Waals surface area contributed by atoms with Gasteiger partial charge in [-0.1, -0.05) is 25.1 Å². The second-order valence-corrected chi connectivity index (χ2v) is 6.07. The number of rotatable bonds is 2. The molecule has 0 bridgehead atoms. The molecule has 1 N–H and O–H groups in total. The van der Waals surface area contributed by atoms with E-state index in [0.717, 1.165) is 11.8 Å². The van der Waals surface area contributed by atoms with Crippen molar-refractivity contribution in [2.24, 2.45) is 5.92 Å². The third-order valence-corrected chi connectivity index (χ3v) is 5.01. The molecule has 0 saturated carbocycles. The second kappa shape index (κ2) is 5.44. The SMILES string of the molecule is CC(c1cccc2c1CCCC2)C1CCNCC1. The topological polar surface area (TPSA) is 12.0 Å². The van der Waals surface area contributed by atoms with Gasteiger partial charge in [-0.15, -0.1) is 0 Å². The van der Waals surface area contributed by atoms with Crippen molar-refractivity contribution < 1.29 is 0 Å². The first kappa shape index (κ1) is 12.2. The van der Waals surface area contributed by atoms with Crippen molar-refractivity contribution in [1.82, 2.24) is 5.32 Å². The molecule has 1 saturated heterocycles. The maximum atomic E-state index is 3.48. The van der Waals surface area contributed by atoms with Crippen LogP contribution in [0.15, 0.2) is 18.2 Å². The largest absolute Gasteiger partial charge is 0.317 e. The van der Waals surface area contributed by atoms with Crippen LogP contribution in [0, 0.1) is 5.92 Å². The van der Waals surface area contributed by atoms with Crippen molar-refractivity contribution in [2.45, 2.75) is 51.4 Å². The lowest BCUT2D eigenvalue weighted by molar-refractivity contribution is 0.329. The Hall–Kier alpha value is -0.820. The summed E-state index contributed by atoms with van der Waals surface area (Å²) in [5, 5.41) is 3.48. The quantitative estimate of drug-likeness (QED) is 0.835. The highest BCUT2D eigenvalue weighted by Gasteiger charge is 2.24. The van der Waals surface area contributed by atoms with E-state index in [-0.39, 0.29) is 0 Å². The minimum atomic E-state index is 0.750. The maximum Gasteiger partial charge on any atom is -0.00461 e. The molecule has 1 fully saturated rings. The molecule has 18 heavy (non-hydrogen) atoms. The molecule has 1 aromatic carbocycles. The summed E-state index contributed by atoms with van der Waals surface area (Å²) in [5.41, 5.74) is 5.01. The molecule has 1 nitrogen and oxygen atoms in total. The number of hydrogen-bond acceptors (Lipinski definition) is 1.